The first-order chi connectivity index (χ1) is 11.0. The number of hydrogen-bond donors (Lipinski definition) is 1. The summed E-state index contributed by atoms with van der Waals surface area (Å²) < 4.78 is 5.72. The van der Waals surface area contributed by atoms with Gasteiger partial charge < -0.3 is 10.1 Å². The van der Waals surface area contributed by atoms with Gasteiger partial charge in [0.05, 0.1) is 13.0 Å². The third-order valence-corrected chi connectivity index (χ3v) is 3.87. The second kappa shape index (κ2) is 7.82. The molecule has 122 valence electrons. The van der Waals surface area contributed by atoms with Crippen molar-refractivity contribution in [1.82, 2.24) is 5.32 Å². The number of carbonyl (C=O) groups excluding carboxylic acids is 1. The Hall–Kier alpha value is -2.29. The van der Waals surface area contributed by atoms with E-state index in [9.17, 15) is 4.79 Å². The van der Waals surface area contributed by atoms with Crippen LogP contribution in [0.15, 0.2) is 36.4 Å². The fourth-order valence-electron chi connectivity index (χ4n) is 2.54. The predicted molar refractivity (Wildman–Crippen MR) is 94.0 cm³/mol. The second-order valence-corrected chi connectivity index (χ2v) is 6.07. The first kappa shape index (κ1) is 17.1. The highest BCUT2D eigenvalue weighted by molar-refractivity contribution is 5.78. The molecule has 0 spiro atoms. The van der Waals surface area contributed by atoms with Gasteiger partial charge in [0.25, 0.3) is 0 Å². The Bertz CT molecular complexity index is 692. The van der Waals surface area contributed by atoms with Crippen molar-refractivity contribution in [1.29, 1.82) is 0 Å². The van der Waals surface area contributed by atoms with Crippen LogP contribution >= 0.6 is 0 Å². The number of hydrogen-bond acceptors (Lipinski definition) is 2. The molecule has 0 fully saturated rings. The summed E-state index contributed by atoms with van der Waals surface area (Å²) in [7, 11) is 0. The van der Waals surface area contributed by atoms with Crippen molar-refractivity contribution in [2.45, 2.75) is 34.1 Å². The molecular formula is C20H25NO2. The fraction of sp³-hybridized carbons (Fsp3) is 0.350. The number of nitrogens with one attached hydrogen (secondary N) is 1. The van der Waals surface area contributed by atoms with Crippen LogP contribution in [0.4, 0.5) is 0 Å². The Morgan fingerprint density at radius 1 is 0.957 bits per heavy atom. The molecule has 3 nitrogen and oxygen atoms in total. The number of amides is 1. The Morgan fingerprint density at radius 3 is 2.39 bits per heavy atom. The van der Waals surface area contributed by atoms with Crippen molar-refractivity contribution >= 4 is 5.91 Å². The van der Waals surface area contributed by atoms with Crippen LogP contribution < -0.4 is 10.1 Å². The number of benzene rings is 2. The van der Waals surface area contributed by atoms with Gasteiger partial charge in [0.2, 0.25) is 5.91 Å². The highest BCUT2D eigenvalue weighted by atomic mass is 16.5. The zero-order valence-electron chi connectivity index (χ0n) is 14.4. The van der Waals surface area contributed by atoms with E-state index in [4.69, 9.17) is 4.74 Å². The summed E-state index contributed by atoms with van der Waals surface area (Å²) in [5.74, 6) is 0.905. The third-order valence-electron chi connectivity index (χ3n) is 3.87. The smallest absolute Gasteiger partial charge is 0.224 e. The molecule has 2 aromatic carbocycles. The maximum Gasteiger partial charge on any atom is 0.224 e. The number of rotatable bonds is 6. The topological polar surface area (TPSA) is 38.3 Å². The molecule has 0 atom stereocenters. The van der Waals surface area contributed by atoms with Crippen LogP contribution in [0.25, 0.3) is 0 Å². The van der Waals surface area contributed by atoms with Crippen LogP contribution in [0.2, 0.25) is 0 Å². The Labute approximate surface area is 138 Å². The number of aryl methyl sites for hydroxylation is 4. The van der Waals surface area contributed by atoms with Crippen LogP contribution in [0.5, 0.6) is 5.75 Å². The van der Waals surface area contributed by atoms with E-state index in [-0.39, 0.29) is 5.91 Å². The van der Waals surface area contributed by atoms with Gasteiger partial charge in [-0.15, -0.1) is 0 Å². The molecule has 1 amide bonds. The molecule has 0 radical (unpaired) electrons. The molecule has 2 aromatic rings. The van der Waals surface area contributed by atoms with Crippen molar-refractivity contribution in [2.75, 3.05) is 13.2 Å². The summed E-state index contributed by atoms with van der Waals surface area (Å²) in [6.07, 6.45) is 0.414. The van der Waals surface area contributed by atoms with Gasteiger partial charge in [0, 0.05) is 0 Å². The van der Waals surface area contributed by atoms with Gasteiger partial charge in [0.15, 0.2) is 0 Å². The molecule has 0 aromatic heterocycles. The summed E-state index contributed by atoms with van der Waals surface area (Å²) in [6, 6.07) is 12.3. The van der Waals surface area contributed by atoms with Gasteiger partial charge in [-0.25, -0.2) is 0 Å². The summed E-state index contributed by atoms with van der Waals surface area (Å²) in [5, 5.41) is 2.91. The molecule has 0 bridgehead atoms. The van der Waals surface area contributed by atoms with Crippen LogP contribution in [-0.4, -0.2) is 19.1 Å². The molecule has 1 N–H and O–H groups in total. The van der Waals surface area contributed by atoms with Crippen molar-refractivity contribution < 1.29 is 9.53 Å². The minimum Gasteiger partial charge on any atom is -0.491 e. The normalized spacial score (nSPS) is 10.4. The molecule has 0 saturated carbocycles. The summed E-state index contributed by atoms with van der Waals surface area (Å²) in [4.78, 5) is 12.0. The van der Waals surface area contributed by atoms with E-state index >= 15 is 0 Å². The molecule has 2 rings (SSSR count). The molecular weight excluding hydrogens is 286 g/mol. The van der Waals surface area contributed by atoms with Crippen molar-refractivity contribution in [3.63, 3.8) is 0 Å². The summed E-state index contributed by atoms with van der Waals surface area (Å²) >= 11 is 0. The Balaban J connectivity index is 1.77. The van der Waals surface area contributed by atoms with Crippen molar-refractivity contribution in [3.05, 3.63) is 64.2 Å². The maximum atomic E-state index is 12.0. The lowest BCUT2D eigenvalue weighted by atomic mass is 10.0. The SMILES string of the molecule is Cc1ccc(OCCNC(=O)Cc2cc(C)ccc2C)c(C)c1. The quantitative estimate of drug-likeness (QED) is 0.827. The lowest BCUT2D eigenvalue weighted by Crippen LogP contribution is -2.29. The Kier molecular flexibility index (Phi) is 5.80. The molecule has 0 unspecified atom stereocenters. The van der Waals surface area contributed by atoms with E-state index < -0.39 is 0 Å². The van der Waals surface area contributed by atoms with E-state index in [0.29, 0.717) is 19.6 Å². The first-order valence-electron chi connectivity index (χ1n) is 7.98. The Morgan fingerprint density at radius 2 is 1.65 bits per heavy atom. The maximum absolute atomic E-state index is 12.0. The van der Waals surface area contributed by atoms with Gasteiger partial charge in [-0.05, 0) is 50.5 Å². The highest BCUT2D eigenvalue weighted by Gasteiger charge is 2.06. The van der Waals surface area contributed by atoms with Gasteiger partial charge >= 0.3 is 0 Å². The predicted octanol–water partition coefficient (Wildman–Crippen LogP) is 3.66. The molecule has 0 heterocycles. The standard InChI is InChI=1S/C20H25NO2/c1-14-6-8-19(17(4)11-14)23-10-9-21-20(22)13-18-12-15(2)5-7-16(18)3/h5-8,11-12H,9-10,13H2,1-4H3,(H,21,22). The van der Waals surface area contributed by atoms with Gasteiger partial charge in [-0.2, -0.15) is 0 Å². The highest BCUT2D eigenvalue weighted by Crippen LogP contribution is 2.18. The van der Waals surface area contributed by atoms with Gasteiger partial charge in [0.1, 0.15) is 12.4 Å². The fourth-order valence-corrected chi connectivity index (χ4v) is 2.54. The molecule has 0 aliphatic rings. The van der Waals surface area contributed by atoms with Crippen LogP contribution in [0, 0.1) is 27.7 Å². The third kappa shape index (κ3) is 5.13. The molecule has 0 saturated heterocycles. The average Bonchev–Trinajstić information content (AvgIpc) is 2.49. The monoisotopic (exact) mass is 311 g/mol. The van der Waals surface area contributed by atoms with Crippen molar-refractivity contribution in [3.8, 4) is 5.75 Å². The van der Waals surface area contributed by atoms with Crippen LogP contribution in [0.3, 0.4) is 0 Å². The second-order valence-electron chi connectivity index (χ2n) is 6.07. The summed E-state index contributed by atoms with van der Waals surface area (Å²) in [6.45, 7) is 9.15. The van der Waals surface area contributed by atoms with E-state index in [1.54, 1.807) is 0 Å². The van der Waals surface area contributed by atoms with Crippen LogP contribution in [-0.2, 0) is 11.2 Å². The van der Waals surface area contributed by atoms with Crippen molar-refractivity contribution in [2.24, 2.45) is 0 Å². The number of carbonyl (C=O) groups is 1. The molecule has 23 heavy (non-hydrogen) atoms. The minimum absolute atomic E-state index is 0.0305. The largest absolute Gasteiger partial charge is 0.491 e. The zero-order chi connectivity index (χ0) is 16.8. The average molecular weight is 311 g/mol. The number of ether oxygens (including phenoxy) is 1. The molecule has 0 aliphatic heterocycles. The van der Waals surface area contributed by atoms with E-state index in [1.807, 2.05) is 32.9 Å². The van der Waals surface area contributed by atoms with E-state index in [1.165, 1.54) is 11.1 Å². The van der Waals surface area contributed by atoms with Gasteiger partial charge in [-0.1, -0.05) is 41.5 Å². The van der Waals surface area contributed by atoms with E-state index in [2.05, 4.69) is 36.5 Å². The van der Waals surface area contributed by atoms with E-state index in [0.717, 1.165) is 22.4 Å². The molecule has 3 heteroatoms. The van der Waals surface area contributed by atoms with Crippen LogP contribution in [0.1, 0.15) is 27.8 Å². The van der Waals surface area contributed by atoms with Gasteiger partial charge in [-0.3, -0.25) is 4.79 Å². The summed E-state index contributed by atoms with van der Waals surface area (Å²) in [5.41, 5.74) is 5.75. The minimum atomic E-state index is 0.0305. The lowest BCUT2D eigenvalue weighted by Gasteiger charge is -2.11. The molecule has 0 aliphatic carbocycles. The first-order valence-corrected chi connectivity index (χ1v) is 7.98. The lowest BCUT2D eigenvalue weighted by molar-refractivity contribution is -0.120. The zero-order valence-corrected chi connectivity index (χ0v) is 14.4.